The highest BCUT2D eigenvalue weighted by Crippen LogP contribution is 2.60. The highest BCUT2D eigenvalue weighted by molar-refractivity contribution is 9.09. The maximum atomic E-state index is 14.6. The Balaban J connectivity index is 1.49. The van der Waals surface area contributed by atoms with Crippen LogP contribution in [0.4, 0.5) is 5.69 Å². The monoisotopic (exact) mass is 741 g/mol. The van der Waals surface area contributed by atoms with Crippen LogP contribution in [0.3, 0.4) is 0 Å². The predicted molar refractivity (Wildman–Crippen MR) is 185 cm³/mol. The van der Waals surface area contributed by atoms with Crippen LogP contribution in [0.1, 0.15) is 44.3 Å². The first-order chi connectivity index (χ1) is 23.1. The van der Waals surface area contributed by atoms with E-state index >= 15 is 0 Å². The van der Waals surface area contributed by atoms with E-state index in [0.717, 1.165) is 0 Å². The Morgan fingerprint density at radius 3 is 2.54 bits per heavy atom. The van der Waals surface area contributed by atoms with Crippen LogP contribution in [0.15, 0.2) is 79.9 Å². The van der Waals surface area contributed by atoms with Crippen LogP contribution in [0.25, 0.3) is 0 Å². The van der Waals surface area contributed by atoms with Crippen molar-refractivity contribution in [1.82, 2.24) is 10.2 Å². The van der Waals surface area contributed by atoms with E-state index in [4.69, 9.17) is 21.1 Å². The molecule has 3 saturated heterocycles. The third-order valence-corrected chi connectivity index (χ3v) is 10.5. The van der Waals surface area contributed by atoms with Crippen molar-refractivity contribution in [3.8, 4) is 0 Å². The number of rotatable bonds is 15. The number of hydrogen-bond donors (Lipinski definition) is 2. The van der Waals surface area contributed by atoms with Crippen LogP contribution in [0.5, 0.6) is 0 Å². The van der Waals surface area contributed by atoms with Crippen molar-refractivity contribution in [3.63, 3.8) is 0 Å². The molecule has 1 unspecified atom stereocenters. The fourth-order valence-corrected chi connectivity index (χ4v) is 8.39. The number of hydrogen-bond acceptors (Lipinski definition) is 7. The van der Waals surface area contributed by atoms with Crippen LogP contribution in [0, 0.1) is 11.8 Å². The zero-order valence-electron chi connectivity index (χ0n) is 26.8. The topological polar surface area (TPSA) is 125 Å². The van der Waals surface area contributed by atoms with Gasteiger partial charge >= 0.3 is 5.97 Å². The molecule has 2 N–H and O–H groups in total. The number of amides is 3. The van der Waals surface area contributed by atoms with E-state index in [2.05, 4.69) is 34.4 Å². The van der Waals surface area contributed by atoms with Gasteiger partial charge < -0.3 is 29.7 Å². The van der Waals surface area contributed by atoms with Gasteiger partial charge in [-0.05, 0) is 56.0 Å². The van der Waals surface area contributed by atoms with Crippen molar-refractivity contribution < 1.29 is 33.8 Å². The number of alkyl halides is 1. The van der Waals surface area contributed by atoms with E-state index in [-0.39, 0.29) is 43.3 Å². The number of anilines is 1. The first kappa shape index (κ1) is 35.8. The lowest BCUT2D eigenvalue weighted by Gasteiger charge is -2.37. The van der Waals surface area contributed by atoms with E-state index in [1.54, 1.807) is 43.3 Å². The van der Waals surface area contributed by atoms with Gasteiger partial charge in [0.05, 0.1) is 24.0 Å². The van der Waals surface area contributed by atoms with Gasteiger partial charge in [-0.1, -0.05) is 70.0 Å². The van der Waals surface area contributed by atoms with E-state index in [1.807, 2.05) is 30.3 Å². The number of nitrogens with zero attached hydrogens (tertiary/aromatic N) is 2. The van der Waals surface area contributed by atoms with Crippen LogP contribution in [0.2, 0.25) is 5.02 Å². The molecule has 10 nitrogen and oxygen atoms in total. The fraction of sp³-hybridized carbons (Fsp3) is 0.444. The number of esters is 1. The SMILES string of the molecule is C=CCCC(=O)N[C@H](C)[C@@H](OC(=O)[C@@H]1[C@H]2O[C@@]3(CC2Br)[C@H](C(=O)N(CC=C)c2ccc(Cl)cc2)N(CCCO)C(=O)[C@@H]13)c1ccccc1. The first-order valence-electron chi connectivity index (χ1n) is 16.1. The van der Waals surface area contributed by atoms with Crippen molar-refractivity contribution in [2.75, 3.05) is 24.6 Å². The highest BCUT2D eigenvalue weighted by Gasteiger charge is 2.77. The Morgan fingerprint density at radius 1 is 1.19 bits per heavy atom. The molecule has 3 fully saturated rings. The van der Waals surface area contributed by atoms with Crippen molar-refractivity contribution >= 4 is 56.9 Å². The minimum absolute atomic E-state index is 0.0930. The standard InChI is InChI=1S/C36H41BrClN3O7/c1-4-6-13-27(43)39-22(3)30(23-11-8-7-9-12-23)47-35(46)28-29-33(44)41(19-10-20-42)32(36(29)21-26(37)31(28)48-36)34(45)40(18-5-2)25-16-14-24(38)15-17-25/h4-5,7-9,11-12,14-17,22,26,28-32,42H,1-2,6,10,13,18-21H2,3H3,(H,39,43)/t22-,26?,28+,29-,30-,31+,32+,36-/m1/s1. The number of carbonyl (C=O) groups is 4. The van der Waals surface area contributed by atoms with Gasteiger partial charge in [0.2, 0.25) is 11.8 Å². The Bertz CT molecular complexity index is 1530. The highest BCUT2D eigenvalue weighted by atomic mass is 79.9. The molecule has 8 atom stereocenters. The smallest absolute Gasteiger partial charge is 0.313 e. The van der Waals surface area contributed by atoms with Gasteiger partial charge in [-0.25, -0.2) is 0 Å². The van der Waals surface area contributed by atoms with Crippen molar-refractivity contribution in [2.24, 2.45) is 11.8 Å². The number of aliphatic hydroxyl groups is 1. The van der Waals surface area contributed by atoms with E-state index < -0.39 is 59.5 Å². The molecule has 12 heteroatoms. The van der Waals surface area contributed by atoms with E-state index in [9.17, 15) is 24.3 Å². The second-order valence-electron chi connectivity index (χ2n) is 12.4. The summed E-state index contributed by atoms with van der Waals surface area (Å²) in [5.74, 6) is -3.68. The van der Waals surface area contributed by atoms with E-state index in [0.29, 0.717) is 29.1 Å². The molecule has 0 aromatic heterocycles. The summed E-state index contributed by atoms with van der Waals surface area (Å²) in [7, 11) is 0. The maximum Gasteiger partial charge on any atom is 0.313 e. The number of fused-ring (bicyclic) bond motifs is 1. The Hall–Kier alpha value is -3.51. The second kappa shape index (κ2) is 15.4. The molecular formula is C36H41BrClN3O7. The summed E-state index contributed by atoms with van der Waals surface area (Å²) in [5.41, 5.74) is -0.0903. The quantitative estimate of drug-likeness (QED) is 0.154. The fourth-order valence-electron chi connectivity index (χ4n) is 7.32. The molecule has 5 rings (SSSR count). The van der Waals surface area contributed by atoms with Crippen molar-refractivity contribution in [3.05, 3.63) is 90.5 Å². The summed E-state index contributed by atoms with van der Waals surface area (Å²) in [6, 6.07) is 14.2. The number of likely N-dealkylation sites (tertiary alicyclic amines) is 1. The molecule has 3 aliphatic heterocycles. The summed E-state index contributed by atoms with van der Waals surface area (Å²) in [5, 5.41) is 13.1. The molecule has 2 aromatic rings. The third kappa shape index (κ3) is 6.83. The lowest BCUT2D eigenvalue weighted by atomic mass is 9.70. The molecule has 3 aliphatic rings. The number of aliphatic hydroxyl groups excluding tert-OH is 1. The predicted octanol–water partition coefficient (Wildman–Crippen LogP) is 4.74. The molecule has 0 radical (unpaired) electrons. The summed E-state index contributed by atoms with van der Waals surface area (Å²) in [6.07, 6.45) is 2.94. The van der Waals surface area contributed by atoms with Crippen molar-refractivity contribution in [2.45, 2.75) is 67.3 Å². The minimum Gasteiger partial charge on any atom is -0.455 e. The average Bonchev–Trinajstić information content (AvgIpc) is 3.67. The Kier molecular flexibility index (Phi) is 11.5. The van der Waals surface area contributed by atoms with Crippen LogP contribution >= 0.6 is 27.5 Å². The van der Waals surface area contributed by atoms with Gasteiger partial charge in [-0.3, -0.25) is 19.2 Å². The van der Waals surface area contributed by atoms with Crippen LogP contribution in [-0.2, 0) is 28.7 Å². The Labute approximate surface area is 294 Å². The molecule has 3 heterocycles. The largest absolute Gasteiger partial charge is 0.455 e. The zero-order chi connectivity index (χ0) is 34.6. The number of ether oxygens (including phenoxy) is 2. The lowest BCUT2D eigenvalue weighted by Crippen LogP contribution is -2.57. The minimum atomic E-state index is -1.33. The second-order valence-corrected chi connectivity index (χ2v) is 14.1. The van der Waals surface area contributed by atoms with E-state index in [1.165, 1.54) is 9.80 Å². The van der Waals surface area contributed by atoms with Crippen LogP contribution in [-0.4, -0.2) is 82.0 Å². The number of nitrogens with one attached hydrogen (secondary N) is 1. The summed E-state index contributed by atoms with van der Waals surface area (Å²) >= 11 is 9.83. The zero-order valence-corrected chi connectivity index (χ0v) is 29.1. The number of carbonyl (C=O) groups excluding carboxylic acids is 4. The molecule has 0 aliphatic carbocycles. The molecule has 2 bridgehead atoms. The molecular weight excluding hydrogens is 702 g/mol. The van der Waals surface area contributed by atoms with Gasteiger partial charge in [-0.15, -0.1) is 13.2 Å². The average molecular weight is 743 g/mol. The third-order valence-electron chi connectivity index (χ3n) is 9.36. The van der Waals surface area contributed by atoms with Gasteiger partial charge in [0.25, 0.3) is 5.91 Å². The summed E-state index contributed by atoms with van der Waals surface area (Å²) in [6.45, 7) is 9.32. The molecule has 256 valence electrons. The van der Waals surface area contributed by atoms with Gasteiger partial charge in [0, 0.05) is 41.7 Å². The molecule has 3 amide bonds. The van der Waals surface area contributed by atoms with Crippen molar-refractivity contribution in [1.29, 1.82) is 0 Å². The molecule has 1 spiro atoms. The lowest BCUT2D eigenvalue weighted by molar-refractivity contribution is -0.162. The summed E-state index contributed by atoms with van der Waals surface area (Å²) in [4.78, 5) is 58.6. The van der Waals surface area contributed by atoms with Gasteiger partial charge in [0.15, 0.2) is 0 Å². The summed E-state index contributed by atoms with van der Waals surface area (Å²) < 4.78 is 12.9. The van der Waals surface area contributed by atoms with Crippen LogP contribution < -0.4 is 10.2 Å². The first-order valence-corrected chi connectivity index (χ1v) is 17.4. The molecule has 0 saturated carbocycles. The number of halogens is 2. The molecule has 48 heavy (non-hydrogen) atoms. The Morgan fingerprint density at radius 2 is 1.90 bits per heavy atom. The molecule has 2 aromatic carbocycles. The van der Waals surface area contributed by atoms with Gasteiger partial charge in [0.1, 0.15) is 17.7 Å². The maximum absolute atomic E-state index is 14.6. The van der Waals surface area contributed by atoms with Gasteiger partial charge in [-0.2, -0.15) is 0 Å². The number of benzene rings is 2. The normalized spacial score (nSPS) is 26.8. The number of allylic oxidation sites excluding steroid dienone is 1.